The zero-order chi connectivity index (χ0) is 42.9. The zero-order valence-electron chi connectivity index (χ0n) is 36.4. The van der Waals surface area contributed by atoms with Gasteiger partial charge in [0.15, 0.2) is 23.0 Å². The van der Waals surface area contributed by atoms with Gasteiger partial charge in [-0.3, -0.25) is 9.59 Å². The maximum atomic E-state index is 14.7. The van der Waals surface area contributed by atoms with Crippen LogP contribution in [0.4, 0.5) is 5.69 Å². The van der Waals surface area contributed by atoms with Crippen molar-refractivity contribution in [3.63, 3.8) is 0 Å². The molecule has 6 atom stereocenters. The van der Waals surface area contributed by atoms with E-state index in [0.29, 0.717) is 47.3 Å². The molecular weight excluding hydrogens is 789 g/mol. The largest absolute Gasteiger partial charge is 0.493 e. The first-order chi connectivity index (χ1) is 30.7. The van der Waals surface area contributed by atoms with Crippen LogP contribution in [0.15, 0.2) is 109 Å². The first-order valence-electron chi connectivity index (χ1n) is 22.7. The van der Waals surface area contributed by atoms with Crippen LogP contribution >= 0.6 is 0 Å². The number of anilines is 1. The summed E-state index contributed by atoms with van der Waals surface area (Å²) in [5.41, 5.74) is 9.09. The van der Waals surface area contributed by atoms with Crippen LogP contribution in [-0.2, 0) is 30.7 Å². The van der Waals surface area contributed by atoms with E-state index in [9.17, 15) is 9.59 Å². The number of hydrogen-bond acceptors (Lipinski definition) is 8. The summed E-state index contributed by atoms with van der Waals surface area (Å²) in [5, 5.41) is 7.85. The molecule has 0 spiro atoms. The Bertz CT molecular complexity index is 2700. The number of nitrogens with one attached hydrogen (secondary N) is 2. The van der Waals surface area contributed by atoms with Crippen LogP contribution < -0.4 is 34.5 Å². The third-order valence-corrected chi connectivity index (χ3v) is 16.5. The smallest absolute Gasteiger partial charge is 0.259 e. The summed E-state index contributed by atoms with van der Waals surface area (Å²) in [6, 6.07) is 24.7. The summed E-state index contributed by atoms with van der Waals surface area (Å²) in [7, 11) is 3.27. The summed E-state index contributed by atoms with van der Waals surface area (Å²) < 4.78 is 25.1. The van der Waals surface area contributed by atoms with Crippen molar-refractivity contribution >= 4 is 17.5 Å². The maximum absolute atomic E-state index is 14.7. The van der Waals surface area contributed by atoms with Crippen molar-refractivity contribution in [2.75, 3.05) is 32.2 Å². The number of carbonyl (C=O) groups is 2. The number of ether oxygens (including phenoxy) is 4. The van der Waals surface area contributed by atoms with Gasteiger partial charge in [0.25, 0.3) is 11.8 Å². The Kier molecular flexibility index (Phi) is 8.52. The van der Waals surface area contributed by atoms with Crippen LogP contribution in [0.2, 0.25) is 0 Å². The second-order valence-corrected chi connectivity index (χ2v) is 19.5. The fourth-order valence-electron chi connectivity index (χ4n) is 13.6. The van der Waals surface area contributed by atoms with Crippen LogP contribution in [0.3, 0.4) is 0 Å². The topological polar surface area (TPSA) is 102 Å². The molecule has 4 bridgehead atoms. The predicted octanol–water partition coefficient (Wildman–Crippen LogP) is 8.63. The van der Waals surface area contributed by atoms with Crippen molar-refractivity contribution in [3.05, 3.63) is 148 Å². The van der Waals surface area contributed by atoms with Crippen LogP contribution in [0.25, 0.3) is 0 Å². The van der Waals surface area contributed by atoms with E-state index < -0.39 is 0 Å². The molecule has 2 aliphatic carbocycles. The minimum atomic E-state index is -0.295. The average Bonchev–Trinajstić information content (AvgIpc) is 4.18. The first-order valence-corrected chi connectivity index (χ1v) is 22.7. The number of allylic oxidation sites excluding steroid dienone is 3. The molecule has 4 unspecified atom stereocenters. The van der Waals surface area contributed by atoms with Gasteiger partial charge < -0.3 is 39.4 Å². The molecule has 2 amide bonds. The molecule has 0 radical (unpaired) electrons. The molecule has 10 nitrogen and oxygen atoms in total. The molecule has 6 heterocycles. The molecular formula is C53H54N4O6. The highest BCUT2D eigenvalue weighted by Crippen LogP contribution is 2.63. The minimum absolute atomic E-state index is 0.00396. The molecule has 6 aliphatic heterocycles. The highest BCUT2D eigenvalue weighted by Gasteiger charge is 2.65. The lowest BCUT2D eigenvalue weighted by atomic mass is 9.75. The highest BCUT2D eigenvalue weighted by molar-refractivity contribution is 6.10. The van der Waals surface area contributed by atoms with Crippen LogP contribution in [-0.4, -0.2) is 56.1 Å². The van der Waals surface area contributed by atoms with Crippen molar-refractivity contribution in [1.82, 2.24) is 15.5 Å². The minimum Gasteiger partial charge on any atom is -0.493 e. The Balaban J connectivity index is 0.817. The lowest BCUT2D eigenvalue weighted by Gasteiger charge is -2.40. The van der Waals surface area contributed by atoms with E-state index >= 15 is 0 Å². The Hall–Kier alpha value is -5.84. The number of methoxy groups -OCH3 is 2. The maximum Gasteiger partial charge on any atom is 0.259 e. The normalized spacial score (nSPS) is 30.3. The molecule has 4 fully saturated rings. The second kappa shape index (κ2) is 13.8. The number of hydrogen-bond donors (Lipinski definition) is 2. The quantitative estimate of drug-likeness (QED) is 0.164. The molecule has 2 saturated carbocycles. The fourth-order valence-corrected chi connectivity index (χ4v) is 13.6. The first kappa shape index (κ1) is 38.8. The molecule has 4 aromatic rings. The Morgan fingerprint density at radius 2 is 1.27 bits per heavy atom. The van der Waals surface area contributed by atoms with Gasteiger partial charge in [0.05, 0.1) is 14.2 Å². The monoisotopic (exact) mass is 842 g/mol. The molecule has 8 aliphatic rings. The van der Waals surface area contributed by atoms with Crippen molar-refractivity contribution < 1.29 is 28.5 Å². The Morgan fingerprint density at radius 3 is 1.81 bits per heavy atom. The number of fused-ring (bicyclic) bond motifs is 6. The number of amides is 2. The molecule has 0 aromatic heterocycles. The van der Waals surface area contributed by atoms with Gasteiger partial charge in [-0.05, 0) is 134 Å². The van der Waals surface area contributed by atoms with Gasteiger partial charge in [0, 0.05) is 69.6 Å². The van der Waals surface area contributed by atoms with E-state index in [-0.39, 0.29) is 45.8 Å². The van der Waals surface area contributed by atoms with Crippen LogP contribution in [0.1, 0.15) is 100 Å². The summed E-state index contributed by atoms with van der Waals surface area (Å²) in [5.74, 6) is 2.34. The standard InChI is InChI=1S/C53H54N4O6/c1-5-10-34-20-46-50-15-17-52(28-50,54-30-50)38-24-44(42(60-3)22-36(38)48(58)56(46)40(34)6-2)62-26-32-11-9-12-33(19-32)27-63-45-25-39-37(23-43(45)61-4)49(59)57-41-14-8-7-13-35(41)21-47(57)51-16-18-53(39,29-51)55-31-51/h5-14,19,22-25,46-47,54-55H,2,15-18,20-21,26-31H2,1,3-4H3/b10-5-/t46-,47-,50?,51?,52?,53?/m0/s1. The summed E-state index contributed by atoms with van der Waals surface area (Å²) in [6.07, 6.45) is 13.8. The van der Waals surface area contributed by atoms with Gasteiger partial charge in [-0.1, -0.05) is 55.1 Å². The molecule has 63 heavy (non-hydrogen) atoms. The Labute approximate surface area is 368 Å². The number of para-hydroxylation sites is 1. The molecule has 2 saturated heterocycles. The van der Waals surface area contributed by atoms with Gasteiger partial charge >= 0.3 is 0 Å². The van der Waals surface area contributed by atoms with E-state index in [4.69, 9.17) is 18.9 Å². The molecule has 4 aromatic carbocycles. The molecule has 2 N–H and O–H groups in total. The lowest BCUT2D eigenvalue weighted by Crippen LogP contribution is -2.50. The summed E-state index contributed by atoms with van der Waals surface area (Å²) >= 11 is 0. The van der Waals surface area contributed by atoms with Gasteiger partial charge in [0.1, 0.15) is 13.2 Å². The number of rotatable bonds is 10. The van der Waals surface area contributed by atoms with E-state index in [0.717, 1.165) is 98.1 Å². The summed E-state index contributed by atoms with van der Waals surface area (Å²) in [6.45, 7) is 8.54. The number of carbonyl (C=O) groups excluding carboxylic acids is 2. The lowest BCUT2D eigenvalue weighted by molar-refractivity contribution is 0.0619. The number of nitrogens with zero attached hydrogens (tertiary/aromatic N) is 2. The van der Waals surface area contributed by atoms with Crippen LogP contribution in [0.5, 0.6) is 23.0 Å². The third kappa shape index (κ3) is 5.43. The van der Waals surface area contributed by atoms with E-state index in [2.05, 4.69) is 76.7 Å². The zero-order valence-corrected chi connectivity index (χ0v) is 36.4. The van der Waals surface area contributed by atoms with Crippen LogP contribution in [0, 0.1) is 10.8 Å². The van der Waals surface area contributed by atoms with Crippen molar-refractivity contribution in [3.8, 4) is 23.0 Å². The van der Waals surface area contributed by atoms with Crippen molar-refractivity contribution in [2.45, 2.75) is 94.7 Å². The van der Waals surface area contributed by atoms with Gasteiger partial charge in [-0.25, -0.2) is 0 Å². The number of benzene rings is 4. The predicted molar refractivity (Wildman–Crippen MR) is 240 cm³/mol. The third-order valence-electron chi connectivity index (χ3n) is 16.5. The highest BCUT2D eigenvalue weighted by atomic mass is 16.5. The van der Waals surface area contributed by atoms with E-state index in [1.165, 1.54) is 11.1 Å². The van der Waals surface area contributed by atoms with Gasteiger partial charge in [-0.15, -0.1) is 0 Å². The van der Waals surface area contributed by atoms with E-state index in [1.807, 2.05) is 48.2 Å². The van der Waals surface area contributed by atoms with Gasteiger partial charge in [-0.2, -0.15) is 0 Å². The van der Waals surface area contributed by atoms with Crippen molar-refractivity contribution in [2.24, 2.45) is 10.8 Å². The van der Waals surface area contributed by atoms with Crippen molar-refractivity contribution in [1.29, 1.82) is 0 Å². The second-order valence-electron chi connectivity index (χ2n) is 19.5. The van der Waals surface area contributed by atoms with Gasteiger partial charge in [0.2, 0.25) is 0 Å². The molecule has 10 heteroatoms. The Morgan fingerprint density at radius 1 is 0.698 bits per heavy atom. The SMILES string of the molecule is C=CC1=C(/C=C\C)C[C@@H]2N1C(=O)c1cc(OC)c(OCc3cccc(COc4cc5c(cc4OC)C(=O)N4c6ccccc6C[C@H]4C46CCC5(C4)NC6)c3)cc1C13CCC2(CN1)C3. The molecule has 12 rings (SSSR count). The fraction of sp³-hybridized carbons (Fsp3) is 0.396. The van der Waals surface area contributed by atoms with E-state index in [1.54, 1.807) is 14.2 Å². The average molecular weight is 843 g/mol. The summed E-state index contributed by atoms with van der Waals surface area (Å²) in [4.78, 5) is 33.6. The molecule has 322 valence electrons. The number of piperidine rings is 2.